The Morgan fingerprint density at radius 3 is 2.50 bits per heavy atom. The molecule has 7 heteroatoms. The van der Waals surface area contributed by atoms with E-state index in [1.54, 1.807) is 7.05 Å². The van der Waals surface area contributed by atoms with Crippen LogP contribution in [0.2, 0.25) is 0 Å². The summed E-state index contributed by atoms with van der Waals surface area (Å²) in [5.74, 6) is 1.59. The summed E-state index contributed by atoms with van der Waals surface area (Å²) in [5, 5.41) is 6.25. The predicted molar refractivity (Wildman–Crippen MR) is 127 cm³/mol. The maximum atomic E-state index is 11.6. The molecule has 6 nitrogen and oxygen atoms in total. The van der Waals surface area contributed by atoms with E-state index in [4.69, 9.17) is 0 Å². The van der Waals surface area contributed by atoms with Crippen LogP contribution in [0.15, 0.2) is 35.3 Å². The van der Waals surface area contributed by atoms with Gasteiger partial charge in [-0.3, -0.25) is 14.7 Å². The summed E-state index contributed by atoms with van der Waals surface area (Å²) in [7, 11) is 5.71. The molecule has 1 aromatic carbocycles. The Labute approximate surface area is 187 Å². The average Bonchev–Trinajstić information content (AvgIpc) is 2.70. The largest absolute Gasteiger partial charge is 0.359 e. The number of carbonyl (C=O) groups is 1. The van der Waals surface area contributed by atoms with E-state index in [0.29, 0.717) is 18.4 Å². The lowest BCUT2D eigenvalue weighted by molar-refractivity contribution is -0.121. The topological polar surface area (TPSA) is 60.0 Å². The highest BCUT2D eigenvalue weighted by Crippen LogP contribution is 2.20. The molecule has 1 saturated heterocycles. The molecule has 1 aliphatic rings. The number of hydrogen-bond acceptors (Lipinski definition) is 3. The number of benzene rings is 1. The van der Waals surface area contributed by atoms with Crippen LogP contribution in [0.4, 0.5) is 0 Å². The summed E-state index contributed by atoms with van der Waals surface area (Å²) in [5.41, 5.74) is 1.33. The van der Waals surface area contributed by atoms with Gasteiger partial charge in [-0.05, 0) is 38.3 Å². The monoisotopic (exact) mass is 501 g/mol. The summed E-state index contributed by atoms with van der Waals surface area (Å²) >= 11 is 0. The number of amides is 1. The van der Waals surface area contributed by atoms with Crippen molar-refractivity contribution in [2.75, 3.05) is 40.8 Å². The second-order valence-corrected chi connectivity index (χ2v) is 7.49. The molecule has 1 amide bonds. The van der Waals surface area contributed by atoms with Gasteiger partial charge in [-0.15, -0.1) is 24.0 Å². The molecule has 2 rings (SSSR count). The van der Waals surface area contributed by atoms with Crippen LogP contribution >= 0.6 is 24.0 Å². The fraction of sp³-hybridized carbons (Fsp3) is 0.619. The van der Waals surface area contributed by atoms with Crippen molar-refractivity contribution in [2.24, 2.45) is 10.9 Å². The first-order valence-corrected chi connectivity index (χ1v) is 9.93. The fourth-order valence-electron chi connectivity index (χ4n) is 3.47. The molecule has 158 valence electrons. The molecule has 1 heterocycles. The number of piperidine rings is 1. The van der Waals surface area contributed by atoms with Gasteiger partial charge in [0.2, 0.25) is 5.91 Å². The van der Waals surface area contributed by atoms with Crippen molar-refractivity contribution in [3.05, 3.63) is 35.9 Å². The molecule has 1 atom stereocenters. The summed E-state index contributed by atoms with van der Waals surface area (Å²) in [6.45, 7) is 5.94. The first kappa shape index (κ1) is 24.7. The predicted octanol–water partition coefficient (Wildman–Crippen LogP) is 2.55. The SMILES string of the molecule is CN=C(NCC(C)N(C)Cc1ccccc1)N1CCC(CC(=O)NC)CC1.I. The highest BCUT2D eigenvalue weighted by atomic mass is 127. The molecule has 0 aromatic heterocycles. The van der Waals surface area contributed by atoms with Crippen LogP contribution in [0.25, 0.3) is 0 Å². The lowest BCUT2D eigenvalue weighted by atomic mass is 9.93. The molecule has 2 N–H and O–H groups in total. The van der Waals surface area contributed by atoms with Gasteiger partial charge < -0.3 is 15.5 Å². The third-order valence-corrected chi connectivity index (χ3v) is 5.46. The molecule has 1 aliphatic heterocycles. The molecular weight excluding hydrogens is 465 g/mol. The summed E-state index contributed by atoms with van der Waals surface area (Å²) in [4.78, 5) is 20.7. The number of nitrogens with zero attached hydrogens (tertiary/aromatic N) is 3. The Kier molecular flexibility index (Phi) is 11.4. The Bertz CT molecular complexity index is 602. The number of hydrogen-bond donors (Lipinski definition) is 2. The highest BCUT2D eigenvalue weighted by molar-refractivity contribution is 14.0. The number of likely N-dealkylation sites (tertiary alicyclic amines) is 1. The van der Waals surface area contributed by atoms with Crippen LogP contribution in [-0.2, 0) is 11.3 Å². The van der Waals surface area contributed by atoms with Crippen LogP contribution in [0.1, 0.15) is 31.7 Å². The normalized spacial score (nSPS) is 16.5. The molecule has 1 aromatic rings. The number of rotatable bonds is 7. The molecule has 0 saturated carbocycles. The molecule has 28 heavy (non-hydrogen) atoms. The van der Waals surface area contributed by atoms with Crippen LogP contribution in [0.5, 0.6) is 0 Å². The minimum atomic E-state index is 0. The van der Waals surface area contributed by atoms with E-state index < -0.39 is 0 Å². The van der Waals surface area contributed by atoms with Crippen LogP contribution in [-0.4, -0.2) is 68.5 Å². The third-order valence-electron chi connectivity index (χ3n) is 5.46. The summed E-state index contributed by atoms with van der Waals surface area (Å²) in [6, 6.07) is 10.9. The number of guanidine groups is 1. The molecule has 0 radical (unpaired) electrons. The van der Waals surface area contributed by atoms with Gasteiger partial charge in [0.1, 0.15) is 0 Å². The fourth-order valence-corrected chi connectivity index (χ4v) is 3.47. The Hall–Kier alpha value is -1.35. The van der Waals surface area contributed by atoms with Gasteiger partial charge in [0, 0.05) is 52.7 Å². The minimum Gasteiger partial charge on any atom is -0.359 e. The second-order valence-electron chi connectivity index (χ2n) is 7.49. The van der Waals surface area contributed by atoms with Crippen LogP contribution < -0.4 is 10.6 Å². The van der Waals surface area contributed by atoms with E-state index in [2.05, 4.69) is 69.7 Å². The summed E-state index contributed by atoms with van der Waals surface area (Å²) in [6.07, 6.45) is 2.72. The smallest absolute Gasteiger partial charge is 0.220 e. The van der Waals surface area contributed by atoms with Crippen molar-refractivity contribution < 1.29 is 4.79 Å². The molecule has 0 bridgehead atoms. The molecule has 1 unspecified atom stereocenters. The lowest BCUT2D eigenvalue weighted by Gasteiger charge is -2.35. The van der Waals surface area contributed by atoms with Crippen molar-refractivity contribution in [1.29, 1.82) is 0 Å². The first-order valence-electron chi connectivity index (χ1n) is 9.93. The van der Waals surface area contributed by atoms with Crippen molar-refractivity contribution in [3.63, 3.8) is 0 Å². The quantitative estimate of drug-likeness (QED) is 0.343. The second kappa shape index (κ2) is 13.0. The Balaban J connectivity index is 0.00000392. The molecule has 0 aliphatic carbocycles. The first-order chi connectivity index (χ1) is 13.0. The van der Waals surface area contributed by atoms with Crippen molar-refractivity contribution in [1.82, 2.24) is 20.4 Å². The number of aliphatic imine (C=N–C) groups is 1. The highest BCUT2D eigenvalue weighted by Gasteiger charge is 2.23. The maximum Gasteiger partial charge on any atom is 0.220 e. The van der Waals surface area contributed by atoms with Gasteiger partial charge in [0.15, 0.2) is 5.96 Å². The zero-order chi connectivity index (χ0) is 19.6. The van der Waals surface area contributed by atoms with Gasteiger partial charge in [-0.1, -0.05) is 30.3 Å². The van der Waals surface area contributed by atoms with Crippen molar-refractivity contribution >= 4 is 35.8 Å². The zero-order valence-corrected chi connectivity index (χ0v) is 20.0. The van der Waals surface area contributed by atoms with Gasteiger partial charge >= 0.3 is 0 Å². The standard InChI is InChI=1S/C21H35N5O.HI/c1-17(25(4)16-19-8-6-5-7-9-19)15-24-21(23-3)26-12-10-18(11-13-26)14-20(27)22-2;/h5-9,17-18H,10-16H2,1-4H3,(H,22,27)(H,23,24);1H. The van der Waals surface area contributed by atoms with Crippen LogP contribution in [0, 0.1) is 5.92 Å². The van der Waals surface area contributed by atoms with E-state index in [1.165, 1.54) is 5.56 Å². The van der Waals surface area contributed by atoms with Gasteiger partial charge in [0.25, 0.3) is 0 Å². The van der Waals surface area contributed by atoms with E-state index in [9.17, 15) is 4.79 Å². The van der Waals surface area contributed by atoms with Crippen molar-refractivity contribution in [3.8, 4) is 0 Å². The van der Waals surface area contributed by atoms with Gasteiger partial charge in [-0.25, -0.2) is 0 Å². The third kappa shape index (κ3) is 7.95. The Morgan fingerprint density at radius 1 is 1.29 bits per heavy atom. The number of nitrogens with one attached hydrogen (secondary N) is 2. The van der Waals surface area contributed by atoms with E-state index in [1.807, 2.05) is 7.05 Å². The van der Waals surface area contributed by atoms with Crippen molar-refractivity contribution in [2.45, 2.75) is 38.8 Å². The lowest BCUT2D eigenvalue weighted by Crippen LogP contribution is -2.49. The number of carbonyl (C=O) groups excluding carboxylic acids is 1. The van der Waals surface area contributed by atoms with Gasteiger partial charge in [-0.2, -0.15) is 0 Å². The molecule has 0 spiro atoms. The number of halogens is 1. The Morgan fingerprint density at radius 2 is 1.93 bits per heavy atom. The average molecular weight is 501 g/mol. The van der Waals surface area contributed by atoms with E-state index >= 15 is 0 Å². The van der Waals surface area contributed by atoms with E-state index in [0.717, 1.165) is 45.0 Å². The molecular formula is C21H36IN5O. The number of likely N-dealkylation sites (N-methyl/N-ethyl adjacent to an activating group) is 1. The van der Waals surface area contributed by atoms with E-state index in [-0.39, 0.29) is 29.9 Å². The molecule has 1 fully saturated rings. The van der Waals surface area contributed by atoms with Crippen LogP contribution in [0.3, 0.4) is 0 Å². The minimum absolute atomic E-state index is 0. The van der Waals surface area contributed by atoms with Gasteiger partial charge in [0.05, 0.1) is 0 Å². The maximum absolute atomic E-state index is 11.6. The summed E-state index contributed by atoms with van der Waals surface area (Å²) < 4.78 is 0. The zero-order valence-electron chi connectivity index (χ0n) is 17.6.